The molecule has 2 N–H and O–H groups in total. The molecule has 0 saturated carbocycles. The molecule has 0 radical (unpaired) electrons. The fraction of sp³-hybridized carbons (Fsp3) is 0.667. The van der Waals surface area contributed by atoms with E-state index < -0.39 is 0 Å². The molecule has 0 aliphatic carbocycles. The summed E-state index contributed by atoms with van der Waals surface area (Å²) in [5, 5.41) is 0. The third kappa shape index (κ3) is 17.2. The van der Waals surface area contributed by atoms with Crippen LogP contribution in [-0.4, -0.2) is 6.54 Å². The van der Waals surface area contributed by atoms with Gasteiger partial charge in [0.15, 0.2) is 0 Å². The second kappa shape index (κ2) is 17.2. The summed E-state index contributed by atoms with van der Waals surface area (Å²) in [6.45, 7) is 3.08. The van der Waals surface area contributed by atoms with Gasteiger partial charge in [0.2, 0.25) is 0 Å². The summed E-state index contributed by atoms with van der Waals surface area (Å²) in [5.74, 6) is 0. The number of unbranched alkanes of at least 4 members (excludes halogenated alkanes) is 8. The van der Waals surface area contributed by atoms with Gasteiger partial charge in [-0.25, -0.2) is 0 Å². The Labute approximate surface area is 120 Å². The SMILES string of the molecule is CCCC/C=C/C=C/C=C\CCCCCCCCN. The molecule has 0 rings (SSSR count). The Balaban J connectivity index is 3.24. The van der Waals surface area contributed by atoms with E-state index in [1.165, 1.54) is 64.2 Å². The van der Waals surface area contributed by atoms with E-state index in [4.69, 9.17) is 5.73 Å². The molecule has 0 fully saturated rings. The summed E-state index contributed by atoms with van der Waals surface area (Å²) < 4.78 is 0. The Morgan fingerprint density at radius 2 is 1.16 bits per heavy atom. The van der Waals surface area contributed by atoms with E-state index >= 15 is 0 Å². The first kappa shape index (κ1) is 18.2. The number of rotatable bonds is 13. The molecule has 1 heteroatoms. The zero-order valence-corrected chi connectivity index (χ0v) is 12.8. The van der Waals surface area contributed by atoms with Gasteiger partial charge in [0.25, 0.3) is 0 Å². The van der Waals surface area contributed by atoms with Gasteiger partial charge in [0.05, 0.1) is 0 Å². The number of allylic oxidation sites excluding steroid dienone is 6. The van der Waals surface area contributed by atoms with Crippen LogP contribution in [0.2, 0.25) is 0 Å². The van der Waals surface area contributed by atoms with Crippen LogP contribution in [0.1, 0.15) is 71.1 Å². The van der Waals surface area contributed by atoms with Crippen molar-refractivity contribution in [2.45, 2.75) is 71.1 Å². The molecule has 0 atom stereocenters. The molecule has 0 aromatic rings. The van der Waals surface area contributed by atoms with Gasteiger partial charge >= 0.3 is 0 Å². The minimum absolute atomic E-state index is 0.849. The lowest BCUT2D eigenvalue weighted by Gasteiger charge is -1.98. The second-order valence-electron chi connectivity index (χ2n) is 5.08. The zero-order valence-electron chi connectivity index (χ0n) is 12.8. The molecule has 0 bridgehead atoms. The van der Waals surface area contributed by atoms with Crippen LogP contribution in [0.4, 0.5) is 0 Å². The topological polar surface area (TPSA) is 26.0 Å². The number of hydrogen-bond donors (Lipinski definition) is 1. The van der Waals surface area contributed by atoms with Crippen molar-refractivity contribution in [2.75, 3.05) is 6.54 Å². The lowest BCUT2D eigenvalue weighted by molar-refractivity contribution is 0.601. The van der Waals surface area contributed by atoms with E-state index in [1.54, 1.807) is 0 Å². The molecule has 0 aromatic heterocycles. The van der Waals surface area contributed by atoms with Crippen LogP contribution < -0.4 is 5.73 Å². The van der Waals surface area contributed by atoms with E-state index in [2.05, 4.69) is 43.4 Å². The first-order valence-electron chi connectivity index (χ1n) is 8.10. The third-order valence-electron chi connectivity index (χ3n) is 3.15. The van der Waals surface area contributed by atoms with Gasteiger partial charge in [-0.1, -0.05) is 81.9 Å². The van der Waals surface area contributed by atoms with E-state index in [9.17, 15) is 0 Å². The fourth-order valence-electron chi connectivity index (χ4n) is 1.91. The molecule has 0 amide bonds. The highest BCUT2D eigenvalue weighted by Gasteiger charge is 1.88. The average molecular weight is 263 g/mol. The standard InChI is InChI=1S/C18H33N/c1-2-3-4-5-6-7-8-9-10-11-12-13-14-15-16-17-18-19/h5-10H,2-4,11-19H2,1H3/b6-5+,8-7+,10-9-. The second-order valence-corrected chi connectivity index (χ2v) is 5.08. The molecule has 0 aliphatic rings. The van der Waals surface area contributed by atoms with Gasteiger partial charge in [-0.05, 0) is 32.2 Å². The van der Waals surface area contributed by atoms with E-state index in [1.807, 2.05) is 0 Å². The summed E-state index contributed by atoms with van der Waals surface area (Å²) >= 11 is 0. The van der Waals surface area contributed by atoms with Crippen molar-refractivity contribution >= 4 is 0 Å². The minimum atomic E-state index is 0.849. The summed E-state index contributed by atoms with van der Waals surface area (Å²) in [6, 6.07) is 0. The van der Waals surface area contributed by atoms with Crippen molar-refractivity contribution < 1.29 is 0 Å². The molecule has 19 heavy (non-hydrogen) atoms. The first-order valence-corrected chi connectivity index (χ1v) is 8.10. The molecular formula is C18H33N. The highest BCUT2D eigenvalue weighted by atomic mass is 14.5. The first-order chi connectivity index (χ1) is 9.41. The Hall–Kier alpha value is -0.820. The van der Waals surface area contributed by atoms with Crippen LogP contribution in [0, 0.1) is 0 Å². The van der Waals surface area contributed by atoms with Crippen molar-refractivity contribution in [1.29, 1.82) is 0 Å². The lowest BCUT2D eigenvalue weighted by Crippen LogP contribution is -1.97. The van der Waals surface area contributed by atoms with Gasteiger partial charge in [0, 0.05) is 0 Å². The van der Waals surface area contributed by atoms with E-state index in [-0.39, 0.29) is 0 Å². The fourth-order valence-corrected chi connectivity index (χ4v) is 1.91. The highest BCUT2D eigenvalue weighted by molar-refractivity contribution is 5.10. The monoisotopic (exact) mass is 263 g/mol. The zero-order chi connectivity index (χ0) is 14.0. The van der Waals surface area contributed by atoms with Gasteiger partial charge in [-0.2, -0.15) is 0 Å². The van der Waals surface area contributed by atoms with Crippen LogP contribution in [0.5, 0.6) is 0 Å². The lowest BCUT2D eigenvalue weighted by atomic mass is 10.1. The highest BCUT2D eigenvalue weighted by Crippen LogP contribution is 2.07. The summed E-state index contributed by atoms with van der Waals surface area (Å²) in [4.78, 5) is 0. The molecular weight excluding hydrogens is 230 g/mol. The summed E-state index contributed by atoms with van der Waals surface area (Å²) in [7, 11) is 0. The van der Waals surface area contributed by atoms with Crippen molar-refractivity contribution in [3.63, 3.8) is 0 Å². The molecule has 110 valence electrons. The molecule has 1 nitrogen and oxygen atoms in total. The molecule has 0 spiro atoms. The van der Waals surface area contributed by atoms with Gasteiger partial charge < -0.3 is 5.73 Å². The normalized spacial score (nSPS) is 12.3. The van der Waals surface area contributed by atoms with Crippen LogP contribution in [0.3, 0.4) is 0 Å². The van der Waals surface area contributed by atoms with Crippen LogP contribution >= 0.6 is 0 Å². The predicted molar refractivity (Wildman–Crippen MR) is 88.3 cm³/mol. The van der Waals surface area contributed by atoms with Crippen LogP contribution in [0.25, 0.3) is 0 Å². The van der Waals surface area contributed by atoms with Crippen molar-refractivity contribution in [3.05, 3.63) is 36.5 Å². The summed E-state index contributed by atoms with van der Waals surface area (Å²) in [5.41, 5.74) is 5.46. The average Bonchev–Trinajstić information content (AvgIpc) is 2.43. The molecule has 0 unspecified atom stereocenters. The maximum Gasteiger partial charge on any atom is -0.00773 e. The van der Waals surface area contributed by atoms with E-state index in [0.29, 0.717) is 0 Å². The summed E-state index contributed by atoms with van der Waals surface area (Å²) in [6.07, 6.45) is 26.0. The molecule has 0 aliphatic heterocycles. The Morgan fingerprint density at radius 1 is 0.632 bits per heavy atom. The van der Waals surface area contributed by atoms with E-state index in [0.717, 1.165) is 6.54 Å². The smallest absolute Gasteiger partial charge is 0.00773 e. The Morgan fingerprint density at radius 3 is 1.74 bits per heavy atom. The van der Waals surface area contributed by atoms with Gasteiger partial charge in [-0.3, -0.25) is 0 Å². The van der Waals surface area contributed by atoms with Crippen molar-refractivity contribution in [1.82, 2.24) is 0 Å². The molecule has 0 heterocycles. The minimum Gasteiger partial charge on any atom is -0.330 e. The van der Waals surface area contributed by atoms with Crippen LogP contribution in [0.15, 0.2) is 36.5 Å². The number of hydrogen-bond acceptors (Lipinski definition) is 1. The molecule has 0 aromatic carbocycles. The van der Waals surface area contributed by atoms with Crippen LogP contribution in [-0.2, 0) is 0 Å². The Bertz CT molecular complexity index is 238. The largest absolute Gasteiger partial charge is 0.330 e. The third-order valence-corrected chi connectivity index (χ3v) is 3.15. The quantitative estimate of drug-likeness (QED) is 0.343. The van der Waals surface area contributed by atoms with Gasteiger partial charge in [-0.15, -0.1) is 0 Å². The predicted octanol–water partition coefficient (Wildman–Crippen LogP) is 5.53. The Kier molecular flexibility index (Phi) is 16.4. The molecule has 0 saturated heterocycles. The maximum absolute atomic E-state index is 5.46. The number of nitrogens with two attached hydrogens (primary N) is 1. The van der Waals surface area contributed by atoms with Crippen molar-refractivity contribution in [2.24, 2.45) is 5.73 Å². The van der Waals surface area contributed by atoms with Gasteiger partial charge in [0.1, 0.15) is 0 Å². The maximum atomic E-state index is 5.46. The van der Waals surface area contributed by atoms with Crippen molar-refractivity contribution in [3.8, 4) is 0 Å².